The second-order valence-corrected chi connectivity index (χ2v) is 7.34. The number of rotatable bonds is 6. The number of primary amides is 1. The minimum atomic E-state index is -0.811. The van der Waals surface area contributed by atoms with Gasteiger partial charge < -0.3 is 25.0 Å². The van der Waals surface area contributed by atoms with Crippen LogP contribution in [0, 0.1) is 0 Å². The van der Waals surface area contributed by atoms with Gasteiger partial charge in [0.2, 0.25) is 0 Å². The molecule has 2 heterocycles. The third kappa shape index (κ3) is 4.93. The Bertz CT molecular complexity index is 966. The molecule has 2 aromatic rings. The molecule has 0 radical (unpaired) electrons. The zero-order valence-electron chi connectivity index (χ0n) is 17.8. The van der Waals surface area contributed by atoms with Crippen molar-refractivity contribution >= 4 is 17.7 Å². The number of hydrogen-bond acceptors (Lipinski definition) is 6. The Hall–Kier alpha value is -3.62. The van der Waals surface area contributed by atoms with Crippen LogP contribution in [-0.2, 0) is 4.79 Å². The van der Waals surface area contributed by atoms with Crippen molar-refractivity contribution in [3.8, 4) is 11.5 Å². The van der Waals surface area contributed by atoms with Gasteiger partial charge in [-0.2, -0.15) is 0 Å². The highest BCUT2D eigenvalue weighted by atomic mass is 16.5. The molecule has 2 atom stereocenters. The van der Waals surface area contributed by atoms with Gasteiger partial charge in [-0.1, -0.05) is 18.2 Å². The summed E-state index contributed by atoms with van der Waals surface area (Å²) in [6, 6.07) is 10.3. The first-order valence-electron chi connectivity index (χ1n) is 9.97. The number of benzene rings is 1. The van der Waals surface area contributed by atoms with Gasteiger partial charge in [0, 0.05) is 37.3 Å². The van der Waals surface area contributed by atoms with Crippen molar-refractivity contribution < 1.29 is 23.9 Å². The first-order chi connectivity index (χ1) is 14.8. The van der Waals surface area contributed by atoms with E-state index >= 15 is 0 Å². The highest BCUT2D eigenvalue weighted by Crippen LogP contribution is 2.28. The van der Waals surface area contributed by atoms with Crippen molar-refractivity contribution in [1.29, 1.82) is 0 Å². The number of hydrogen-bond donors (Lipinski definition) is 1. The molecule has 1 saturated heterocycles. The topological polar surface area (TPSA) is 115 Å². The third-order valence-corrected chi connectivity index (χ3v) is 5.17. The van der Waals surface area contributed by atoms with Crippen LogP contribution in [0.3, 0.4) is 0 Å². The Balaban J connectivity index is 1.64. The van der Waals surface area contributed by atoms with E-state index in [2.05, 4.69) is 4.98 Å². The van der Waals surface area contributed by atoms with E-state index in [9.17, 15) is 14.4 Å². The highest BCUT2D eigenvalue weighted by molar-refractivity contribution is 5.94. The van der Waals surface area contributed by atoms with Gasteiger partial charge in [0.05, 0.1) is 13.3 Å². The number of pyridine rings is 1. The van der Waals surface area contributed by atoms with Gasteiger partial charge in [0.15, 0.2) is 17.6 Å². The normalized spacial score (nSPS) is 17.1. The van der Waals surface area contributed by atoms with E-state index in [0.29, 0.717) is 25.2 Å². The van der Waals surface area contributed by atoms with Gasteiger partial charge in [-0.15, -0.1) is 0 Å². The Labute approximate surface area is 180 Å². The van der Waals surface area contributed by atoms with E-state index in [-0.39, 0.29) is 35.0 Å². The summed E-state index contributed by atoms with van der Waals surface area (Å²) in [4.78, 5) is 44.4. The summed E-state index contributed by atoms with van der Waals surface area (Å²) in [6.07, 6.45) is 0.497. The summed E-state index contributed by atoms with van der Waals surface area (Å²) >= 11 is 0. The van der Waals surface area contributed by atoms with Crippen LogP contribution in [0.25, 0.3) is 0 Å². The van der Waals surface area contributed by atoms with Crippen LogP contribution in [-0.4, -0.2) is 71.4 Å². The van der Waals surface area contributed by atoms with Gasteiger partial charge in [-0.05, 0) is 26.0 Å². The quantitative estimate of drug-likeness (QED) is 0.745. The lowest BCUT2D eigenvalue weighted by molar-refractivity contribution is -0.142. The van der Waals surface area contributed by atoms with Crippen LogP contribution in [0.4, 0.5) is 0 Å². The SMILES string of the molecule is COc1cc(C(N)=O)ncc1OC(C)C(=O)N1CCN(C(=O)c2ccccc2)C[C@H]1C. The molecule has 0 saturated carbocycles. The fraction of sp³-hybridized carbons (Fsp3) is 0.364. The third-order valence-electron chi connectivity index (χ3n) is 5.17. The van der Waals surface area contributed by atoms with Crippen molar-refractivity contribution in [3.05, 3.63) is 53.9 Å². The second kappa shape index (κ2) is 9.46. The predicted molar refractivity (Wildman–Crippen MR) is 113 cm³/mol. The Morgan fingerprint density at radius 2 is 1.87 bits per heavy atom. The molecular weight excluding hydrogens is 400 g/mol. The Morgan fingerprint density at radius 3 is 2.48 bits per heavy atom. The molecule has 1 fully saturated rings. The molecule has 0 bridgehead atoms. The summed E-state index contributed by atoms with van der Waals surface area (Å²) < 4.78 is 11.0. The zero-order valence-corrected chi connectivity index (χ0v) is 17.8. The largest absolute Gasteiger partial charge is 0.493 e. The smallest absolute Gasteiger partial charge is 0.267 e. The lowest BCUT2D eigenvalue weighted by Gasteiger charge is -2.40. The molecule has 9 nitrogen and oxygen atoms in total. The maximum Gasteiger partial charge on any atom is 0.267 e. The summed E-state index contributed by atoms with van der Waals surface area (Å²) in [7, 11) is 1.42. The molecule has 1 unspecified atom stereocenters. The number of carbonyl (C=O) groups excluding carboxylic acids is 3. The van der Waals surface area contributed by atoms with Crippen molar-refractivity contribution in [2.24, 2.45) is 5.73 Å². The van der Waals surface area contributed by atoms with Crippen LogP contribution in [0.15, 0.2) is 42.6 Å². The molecule has 164 valence electrons. The Morgan fingerprint density at radius 1 is 1.16 bits per heavy atom. The van der Waals surface area contributed by atoms with E-state index in [1.807, 2.05) is 25.1 Å². The van der Waals surface area contributed by atoms with Gasteiger partial charge in [-0.25, -0.2) is 4.98 Å². The number of amides is 3. The van der Waals surface area contributed by atoms with Crippen LogP contribution in [0.2, 0.25) is 0 Å². The summed E-state index contributed by atoms with van der Waals surface area (Å²) in [5, 5.41) is 0. The predicted octanol–water partition coefficient (Wildman–Crippen LogP) is 1.33. The van der Waals surface area contributed by atoms with Crippen LogP contribution >= 0.6 is 0 Å². The molecule has 3 amide bonds. The van der Waals surface area contributed by atoms with Crippen molar-refractivity contribution in [2.45, 2.75) is 26.0 Å². The number of aromatic nitrogens is 1. The summed E-state index contributed by atoms with van der Waals surface area (Å²) in [5.74, 6) is -0.450. The fourth-order valence-corrected chi connectivity index (χ4v) is 3.51. The standard InChI is InChI=1S/C22H26N4O5/c1-14-13-25(22(29)16-7-5-4-6-8-16)9-10-26(14)21(28)15(2)31-19-12-24-17(20(23)27)11-18(19)30-3/h4-8,11-12,14-15H,9-10,13H2,1-3H3,(H2,23,27)/t14-,15?/m1/s1. The summed E-state index contributed by atoms with van der Waals surface area (Å²) in [5.41, 5.74) is 5.90. The van der Waals surface area contributed by atoms with Crippen molar-refractivity contribution in [1.82, 2.24) is 14.8 Å². The molecule has 0 aliphatic carbocycles. The van der Waals surface area contributed by atoms with Crippen LogP contribution in [0.5, 0.6) is 11.5 Å². The molecule has 31 heavy (non-hydrogen) atoms. The minimum Gasteiger partial charge on any atom is -0.493 e. The molecule has 1 aromatic heterocycles. The van der Waals surface area contributed by atoms with E-state index in [1.54, 1.807) is 28.9 Å². The number of methoxy groups -OCH3 is 1. The van der Waals surface area contributed by atoms with Crippen molar-refractivity contribution in [2.75, 3.05) is 26.7 Å². The highest BCUT2D eigenvalue weighted by Gasteiger charge is 2.33. The monoisotopic (exact) mass is 426 g/mol. The number of nitrogens with zero attached hydrogens (tertiary/aromatic N) is 3. The van der Waals surface area contributed by atoms with E-state index < -0.39 is 12.0 Å². The number of piperazine rings is 1. The number of ether oxygens (including phenoxy) is 2. The second-order valence-electron chi connectivity index (χ2n) is 7.34. The lowest BCUT2D eigenvalue weighted by atomic mass is 10.1. The molecule has 1 aliphatic rings. The van der Waals surface area contributed by atoms with Gasteiger partial charge in [0.25, 0.3) is 17.7 Å². The maximum absolute atomic E-state index is 13.0. The minimum absolute atomic E-state index is 0.0380. The molecular formula is C22H26N4O5. The lowest BCUT2D eigenvalue weighted by Crippen LogP contribution is -2.57. The van der Waals surface area contributed by atoms with Gasteiger partial charge in [-0.3, -0.25) is 14.4 Å². The van der Waals surface area contributed by atoms with E-state index in [1.165, 1.54) is 19.4 Å². The molecule has 2 N–H and O–H groups in total. The Kier molecular flexibility index (Phi) is 6.74. The summed E-state index contributed by atoms with van der Waals surface area (Å²) in [6.45, 7) is 4.82. The van der Waals surface area contributed by atoms with Crippen molar-refractivity contribution in [3.63, 3.8) is 0 Å². The molecule has 1 aromatic carbocycles. The van der Waals surface area contributed by atoms with E-state index in [4.69, 9.17) is 15.2 Å². The van der Waals surface area contributed by atoms with Crippen LogP contribution < -0.4 is 15.2 Å². The van der Waals surface area contributed by atoms with E-state index in [0.717, 1.165) is 0 Å². The van der Waals surface area contributed by atoms with Gasteiger partial charge in [0.1, 0.15) is 5.69 Å². The fourth-order valence-electron chi connectivity index (χ4n) is 3.51. The average Bonchev–Trinajstić information content (AvgIpc) is 2.78. The number of nitrogens with two attached hydrogens (primary N) is 1. The molecule has 0 spiro atoms. The molecule has 9 heteroatoms. The van der Waals surface area contributed by atoms with Crippen LogP contribution in [0.1, 0.15) is 34.7 Å². The zero-order chi connectivity index (χ0) is 22.5. The first-order valence-corrected chi connectivity index (χ1v) is 9.97. The average molecular weight is 426 g/mol. The number of carbonyl (C=O) groups is 3. The van der Waals surface area contributed by atoms with Gasteiger partial charge >= 0.3 is 0 Å². The first kappa shape index (κ1) is 22.1. The molecule has 1 aliphatic heterocycles. The molecule has 3 rings (SSSR count). The maximum atomic E-state index is 13.0.